The van der Waals surface area contributed by atoms with Gasteiger partial charge in [-0.15, -0.1) is 0 Å². The smallest absolute Gasteiger partial charge is 0.255 e. The van der Waals surface area contributed by atoms with Crippen LogP contribution < -0.4 is 0 Å². The van der Waals surface area contributed by atoms with E-state index >= 15 is 0 Å². The molecule has 2 aromatic rings. The molecule has 0 spiro atoms. The Kier molecular flexibility index (Phi) is 5.90. The van der Waals surface area contributed by atoms with Crippen LogP contribution in [0.5, 0.6) is 0 Å². The second-order valence-electron chi connectivity index (χ2n) is 4.75. The number of hydrogen-bond acceptors (Lipinski definition) is 7. The number of ether oxygens (including phenoxy) is 1. The first-order chi connectivity index (χ1) is 10.5. The van der Waals surface area contributed by atoms with Gasteiger partial charge in [0.05, 0.1) is 30.2 Å². The van der Waals surface area contributed by atoms with Crippen LogP contribution in [0.25, 0.3) is 11.4 Å². The van der Waals surface area contributed by atoms with E-state index in [-0.39, 0.29) is 12.2 Å². The lowest BCUT2D eigenvalue weighted by molar-refractivity contribution is -0.160. The molecule has 0 N–H and O–H groups in total. The molecule has 0 saturated carbocycles. The molecule has 0 fully saturated rings. The predicted octanol–water partition coefficient (Wildman–Crippen LogP) is 3.95. The van der Waals surface area contributed by atoms with Crippen molar-refractivity contribution in [1.29, 1.82) is 0 Å². The van der Waals surface area contributed by atoms with Gasteiger partial charge in [-0.2, -0.15) is 9.32 Å². The largest absolute Gasteiger partial charge is 0.366 e. The Morgan fingerprint density at radius 2 is 2.05 bits per heavy atom. The van der Waals surface area contributed by atoms with Gasteiger partial charge in [-0.3, -0.25) is 0 Å². The number of hydrogen-bond donors (Lipinski definition) is 0. The maximum absolute atomic E-state index is 13.9. The Morgan fingerprint density at radius 1 is 1.27 bits per heavy atom. The van der Waals surface area contributed by atoms with Crippen molar-refractivity contribution in [2.24, 2.45) is 0 Å². The molecule has 0 aliphatic carbocycles. The predicted molar refractivity (Wildman–Crippen MR) is 78.3 cm³/mol. The third kappa shape index (κ3) is 4.26. The molecule has 120 valence electrons. The Labute approximate surface area is 132 Å². The molecule has 1 unspecified atom stereocenters. The average Bonchev–Trinajstić information content (AvgIpc) is 2.95. The van der Waals surface area contributed by atoms with E-state index in [1.807, 2.05) is 20.8 Å². The van der Waals surface area contributed by atoms with Crippen LogP contribution in [0, 0.1) is 5.82 Å². The lowest BCUT2D eigenvalue weighted by Crippen LogP contribution is -2.07. The SMILES string of the molecule is COOSc1ccc(-c2noc(C(C)OC(C)C)n2)cc1F. The summed E-state index contributed by atoms with van der Waals surface area (Å²) in [4.78, 5) is 8.95. The lowest BCUT2D eigenvalue weighted by atomic mass is 10.2. The van der Waals surface area contributed by atoms with E-state index in [2.05, 4.69) is 19.4 Å². The van der Waals surface area contributed by atoms with Gasteiger partial charge in [-0.25, -0.2) is 9.28 Å². The molecule has 0 aliphatic rings. The van der Waals surface area contributed by atoms with Gasteiger partial charge >= 0.3 is 0 Å². The number of halogens is 1. The molecular formula is C14H17FN2O4S. The van der Waals surface area contributed by atoms with Gasteiger partial charge in [-0.1, -0.05) is 5.16 Å². The van der Waals surface area contributed by atoms with E-state index in [0.717, 1.165) is 12.0 Å². The summed E-state index contributed by atoms with van der Waals surface area (Å²) in [6.07, 6.45) is -0.282. The van der Waals surface area contributed by atoms with Crippen molar-refractivity contribution in [3.63, 3.8) is 0 Å². The molecule has 0 saturated heterocycles. The Hall–Kier alpha value is -1.48. The van der Waals surface area contributed by atoms with Crippen LogP contribution in [-0.4, -0.2) is 23.4 Å². The highest BCUT2D eigenvalue weighted by Crippen LogP contribution is 2.27. The maximum atomic E-state index is 13.9. The average molecular weight is 328 g/mol. The summed E-state index contributed by atoms with van der Waals surface area (Å²) in [5.74, 6) is 0.194. The molecule has 0 aliphatic heterocycles. The number of aromatic nitrogens is 2. The van der Waals surface area contributed by atoms with Gasteiger partial charge in [-0.05, 0) is 39.0 Å². The molecule has 8 heteroatoms. The van der Waals surface area contributed by atoms with Crippen LogP contribution in [0.1, 0.15) is 32.8 Å². The minimum Gasteiger partial charge on any atom is -0.366 e. The van der Waals surface area contributed by atoms with E-state index in [9.17, 15) is 4.39 Å². The van der Waals surface area contributed by atoms with Gasteiger partial charge in [0.2, 0.25) is 5.82 Å². The minimum atomic E-state index is -0.461. The first-order valence-corrected chi connectivity index (χ1v) is 7.41. The Morgan fingerprint density at radius 3 is 2.68 bits per heavy atom. The molecule has 1 heterocycles. The van der Waals surface area contributed by atoms with Crippen molar-refractivity contribution < 1.29 is 22.9 Å². The first kappa shape index (κ1) is 16.9. The summed E-state index contributed by atoms with van der Waals surface area (Å²) in [6, 6.07) is 4.54. The van der Waals surface area contributed by atoms with Crippen LogP contribution in [-0.2, 0) is 14.0 Å². The molecule has 22 heavy (non-hydrogen) atoms. The summed E-state index contributed by atoms with van der Waals surface area (Å²) in [6.45, 7) is 5.66. The van der Waals surface area contributed by atoms with Crippen LogP contribution in [0.15, 0.2) is 27.6 Å². The maximum Gasteiger partial charge on any atom is 0.255 e. The minimum absolute atomic E-state index is 0.0416. The molecule has 2 rings (SSSR count). The zero-order chi connectivity index (χ0) is 16.1. The molecular weight excluding hydrogens is 311 g/mol. The van der Waals surface area contributed by atoms with Crippen molar-refractivity contribution in [1.82, 2.24) is 10.1 Å². The fraction of sp³-hybridized carbons (Fsp3) is 0.429. The zero-order valence-corrected chi connectivity index (χ0v) is 13.5. The summed E-state index contributed by atoms with van der Waals surface area (Å²) < 4.78 is 29.3. The standard InChI is InChI=1S/C14H17FN2O4S/c1-8(2)19-9(3)14-16-13(17-20-14)10-5-6-12(11(15)7-10)22-21-18-4/h5-9H,1-4H3. The number of rotatable bonds is 7. The van der Waals surface area contributed by atoms with Gasteiger partial charge in [0.1, 0.15) is 11.9 Å². The van der Waals surface area contributed by atoms with E-state index in [4.69, 9.17) is 9.26 Å². The van der Waals surface area contributed by atoms with Crippen LogP contribution in [0.3, 0.4) is 0 Å². The van der Waals surface area contributed by atoms with Crippen LogP contribution in [0.2, 0.25) is 0 Å². The highest BCUT2D eigenvalue weighted by Gasteiger charge is 2.17. The Bertz CT molecular complexity index is 621. The fourth-order valence-electron chi connectivity index (χ4n) is 1.76. The van der Waals surface area contributed by atoms with E-state index in [0.29, 0.717) is 22.2 Å². The summed E-state index contributed by atoms with van der Waals surface area (Å²) >= 11 is 0.786. The normalized spacial score (nSPS) is 12.8. The summed E-state index contributed by atoms with van der Waals surface area (Å²) in [7, 11) is 1.35. The van der Waals surface area contributed by atoms with Crippen molar-refractivity contribution in [3.8, 4) is 11.4 Å². The first-order valence-electron chi connectivity index (χ1n) is 6.67. The number of nitrogens with zero attached hydrogens (tertiary/aromatic N) is 2. The van der Waals surface area contributed by atoms with Crippen molar-refractivity contribution in [3.05, 3.63) is 29.9 Å². The van der Waals surface area contributed by atoms with Gasteiger partial charge in [0.15, 0.2) is 0 Å². The van der Waals surface area contributed by atoms with E-state index in [1.165, 1.54) is 13.2 Å². The molecule has 1 atom stereocenters. The van der Waals surface area contributed by atoms with Gasteiger partial charge < -0.3 is 9.26 Å². The summed E-state index contributed by atoms with van der Waals surface area (Å²) in [5.41, 5.74) is 0.506. The van der Waals surface area contributed by atoms with Crippen molar-refractivity contribution >= 4 is 12.0 Å². The molecule has 1 aromatic heterocycles. The van der Waals surface area contributed by atoms with Crippen LogP contribution >= 0.6 is 12.0 Å². The monoisotopic (exact) mass is 328 g/mol. The fourth-order valence-corrected chi connectivity index (χ4v) is 2.17. The highest BCUT2D eigenvalue weighted by molar-refractivity contribution is 7.94. The Balaban J connectivity index is 2.15. The molecule has 6 nitrogen and oxygen atoms in total. The number of benzene rings is 1. The lowest BCUT2D eigenvalue weighted by Gasteiger charge is -2.11. The van der Waals surface area contributed by atoms with Gasteiger partial charge in [0.25, 0.3) is 5.89 Å². The van der Waals surface area contributed by atoms with Crippen molar-refractivity contribution in [2.45, 2.75) is 37.9 Å². The van der Waals surface area contributed by atoms with Crippen molar-refractivity contribution in [2.75, 3.05) is 7.11 Å². The quantitative estimate of drug-likeness (QED) is 0.433. The molecule has 1 aromatic carbocycles. The third-order valence-electron chi connectivity index (χ3n) is 2.65. The van der Waals surface area contributed by atoms with Crippen LogP contribution in [0.4, 0.5) is 4.39 Å². The van der Waals surface area contributed by atoms with E-state index < -0.39 is 5.82 Å². The second kappa shape index (κ2) is 7.68. The molecule has 0 bridgehead atoms. The molecule has 0 radical (unpaired) electrons. The zero-order valence-electron chi connectivity index (χ0n) is 12.7. The van der Waals surface area contributed by atoms with E-state index in [1.54, 1.807) is 12.1 Å². The summed E-state index contributed by atoms with van der Waals surface area (Å²) in [5, 5.41) is 3.85. The second-order valence-corrected chi connectivity index (χ2v) is 5.49. The van der Waals surface area contributed by atoms with Gasteiger partial charge in [0, 0.05) is 5.56 Å². The third-order valence-corrected chi connectivity index (χ3v) is 3.36. The highest BCUT2D eigenvalue weighted by atomic mass is 32.2. The topological polar surface area (TPSA) is 66.6 Å². The molecule has 0 amide bonds.